The minimum Gasteiger partial charge on any atom is -0.394 e. The molecule has 0 saturated carbocycles. The van der Waals surface area contributed by atoms with Gasteiger partial charge in [0.2, 0.25) is 0 Å². The van der Waals surface area contributed by atoms with Crippen LogP contribution in [0, 0.1) is 0 Å². The van der Waals surface area contributed by atoms with Crippen LogP contribution in [0.2, 0.25) is 0 Å². The SMILES string of the molecule is C=C(CCC)CCC.OCCO. The Kier molecular flexibility index (Phi) is 15.7. The molecule has 0 aromatic carbocycles. The molecule has 12 heavy (non-hydrogen) atoms. The number of hydrogen-bond acceptors (Lipinski definition) is 2. The number of hydrogen-bond donors (Lipinski definition) is 2. The second kappa shape index (κ2) is 13.3. The lowest BCUT2D eigenvalue weighted by Gasteiger charge is -1.97. The monoisotopic (exact) mass is 174 g/mol. The third-order valence-electron chi connectivity index (χ3n) is 1.31. The molecule has 74 valence electrons. The molecule has 0 aliphatic heterocycles. The molecule has 0 aliphatic rings. The first-order valence-electron chi connectivity index (χ1n) is 4.61. The number of aliphatic hydroxyl groups is 2. The summed E-state index contributed by atoms with van der Waals surface area (Å²) in [5.41, 5.74) is 1.41. The fourth-order valence-corrected chi connectivity index (χ4v) is 0.832. The van der Waals surface area contributed by atoms with Gasteiger partial charge in [0.25, 0.3) is 0 Å². The summed E-state index contributed by atoms with van der Waals surface area (Å²) < 4.78 is 0. The molecule has 0 atom stereocenters. The Labute approximate surface area is 75.9 Å². The van der Waals surface area contributed by atoms with Crippen LogP contribution in [-0.4, -0.2) is 23.4 Å². The average Bonchev–Trinajstić information content (AvgIpc) is 2.06. The van der Waals surface area contributed by atoms with E-state index in [1.54, 1.807) is 0 Å². The first-order valence-corrected chi connectivity index (χ1v) is 4.61. The third kappa shape index (κ3) is 16.3. The van der Waals surface area contributed by atoms with Crippen LogP contribution in [0.3, 0.4) is 0 Å². The van der Waals surface area contributed by atoms with Crippen LogP contribution < -0.4 is 0 Å². The number of allylic oxidation sites excluding steroid dienone is 1. The highest BCUT2D eigenvalue weighted by Gasteiger charge is 1.87. The van der Waals surface area contributed by atoms with Crippen molar-refractivity contribution in [2.45, 2.75) is 39.5 Å². The second-order valence-corrected chi connectivity index (χ2v) is 2.70. The van der Waals surface area contributed by atoms with Gasteiger partial charge >= 0.3 is 0 Å². The molecule has 2 N–H and O–H groups in total. The Bertz CT molecular complexity index is 79.8. The fourth-order valence-electron chi connectivity index (χ4n) is 0.832. The summed E-state index contributed by atoms with van der Waals surface area (Å²) in [5, 5.41) is 15.2. The largest absolute Gasteiger partial charge is 0.394 e. The van der Waals surface area contributed by atoms with Gasteiger partial charge in [0.1, 0.15) is 0 Å². The molecule has 0 rings (SSSR count). The van der Waals surface area contributed by atoms with Gasteiger partial charge in [0.15, 0.2) is 0 Å². The van der Waals surface area contributed by atoms with E-state index < -0.39 is 0 Å². The predicted molar refractivity (Wildman–Crippen MR) is 53.1 cm³/mol. The van der Waals surface area contributed by atoms with Crippen molar-refractivity contribution in [1.29, 1.82) is 0 Å². The Morgan fingerprint density at radius 1 is 1.00 bits per heavy atom. The topological polar surface area (TPSA) is 40.5 Å². The number of rotatable bonds is 5. The molecule has 2 nitrogen and oxygen atoms in total. The number of aliphatic hydroxyl groups excluding tert-OH is 2. The Hall–Kier alpha value is -0.340. The first-order chi connectivity index (χ1) is 5.72. The predicted octanol–water partition coefficient (Wildman–Crippen LogP) is 2.11. The maximum Gasteiger partial charge on any atom is 0.0662 e. The van der Waals surface area contributed by atoms with Gasteiger partial charge in [-0.25, -0.2) is 0 Å². The molecule has 0 fully saturated rings. The van der Waals surface area contributed by atoms with Gasteiger partial charge in [0.05, 0.1) is 13.2 Å². The van der Waals surface area contributed by atoms with Crippen molar-refractivity contribution in [3.63, 3.8) is 0 Å². The van der Waals surface area contributed by atoms with E-state index in [9.17, 15) is 0 Å². The van der Waals surface area contributed by atoms with E-state index in [1.807, 2.05) is 0 Å². The van der Waals surface area contributed by atoms with Crippen LogP contribution in [-0.2, 0) is 0 Å². The van der Waals surface area contributed by atoms with E-state index >= 15 is 0 Å². The summed E-state index contributed by atoms with van der Waals surface area (Å²) in [7, 11) is 0. The van der Waals surface area contributed by atoms with Crippen LogP contribution in [0.1, 0.15) is 39.5 Å². The summed E-state index contributed by atoms with van der Waals surface area (Å²) >= 11 is 0. The van der Waals surface area contributed by atoms with Gasteiger partial charge in [0, 0.05) is 0 Å². The van der Waals surface area contributed by atoms with E-state index in [0.29, 0.717) is 0 Å². The molecule has 0 heterocycles. The van der Waals surface area contributed by atoms with Crippen molar-refractivity contribution in [2.75, 3.05) is 13.2 Å². The molecule has 0 unspecified atom stereocenters. The summed E-state index contributed by atoms with van der Waals surface area (Å²) in [6.45, 7) is 8.07. The molecule has 0 bridgehead atoms. The summed E-state index contributed by atoms with van der Waals surface area (Å²) in [6, 6.07) is 0. The van der Waals surface area contributed by atoms with Crippen LogP contribution in [0.15, 0.2) is 12.2 Å². The third-order valence-corrected chi connectivity index (χ3v) is 1.31. The molecule has 0 radical (unpaired) electrons. The zero-order valence-corrected chi connectivity index (χ0v) is 8.34. The average molecular weight is 174 g/mol. The first kappa shape index (κ1) is 14.2. The summed E-state index contributed by atoms with van der Waals surface area (Å²) in [6.07, 6.45) is 4.93. The van der Waals surface area contributed by atoms with Gasteiger partial charge in [-0.3, -0.25) is 0 Å². The standard InChI is InChI=1S/C8H16.C2H6O2/c1-4-6-8(3)7-5-2;3-1-2-4/h3-7H2,1-2H3;3-4H,1-2H2. The summed E-state index contributed by atoms with van der Waals surface area (Å²) in [4.78, 5) is 0. The van der Waals surface area contributed by atoms with Crippen molar-refractivity contribution in [3.8, 4) is 0 Å². The highest BCUT2D eigenvalue weighted by Crippen LogP contribution is 2.07. The van der Waals surface area contributed by atoms with Crippen LogP contribution in [0.25, 0.3) is 0 Å². The molecule has 0 saturated heterocycles. The lowest BCUT2D eigenvalue weighted by molar-refractivity contribution is 0.186. The van der Waals surface area contributed by atoms with E-state index in [2.05, 4.69) is 20.4 Å². The Morgan fingerprint density at radius 3 is 1.50 bits per heavy atom. The highest BCUT2D eigenvalue weighted by molar-refractivity contribution is 4.92. The molecule has 0 aromatic rings. The lowest BCUT2D eigenvalue weighted by atomic mass is 10.1. The van der Waals surface area contributed by atoms with Crippen LogP contribution >= 0.6 is 0 Å². The van der Waals surface area contributed by atoms with E-state index in [-0.39, 0.29) is 13.2 Å². The van der Waals surface area contributed by atoms with Crippen molar-refractivity contribution in [1.82, 2.24) is 0 Å². The normalized spacial score (nSPS) is 8.67. The molecule has 2 heteroatoms. The van der Waals surface area contributed by atoms with Gasteiger partial charge in [-0.05, 0) is 12.8 Å². The highest BCUT2D eigenvalue weighted by atomic mass is 16.3. The smallest absolute Gasteiger partial charge is 0.0662 e. The molecule has 0 aliphatic carbocycles. The van der Waals surface area contributed by atoms with Gasteiger partial charge in [-0.1, -0.05) is 38.8 Å². The van der Waals surface area contributed by atoms with Crippen molar-refractivity contribution >= 4 is 0 Å². The van der Waals surface area contributed by atoms with E-state index in [0.717, 1.165) is 0 Å². The zero-order valence-electron chi connectivity index (χ0n) is 8.34. The molecule has 0 aromatic heterocycles. The van der Waals surface area contributed by atoms with Crippen molar-refractivity contribution in [3.05, 3.63) is 12.2 Å². The van der Waals surface area contributed by atoms with Gasteiger partial charge in [-0.2, -0.15) is 0 Å². The minimum absolute atomic E-state index is 0.125. The maximum absolute atomic E-state index is 7.62. The zero-order chi connectivity index (χ0) is 9.82. The quantitative estimate of drug-likeness (QED) is 0.627. The molecule has 0 amide bonds. The molecular formula is C10H22O2. The Balaban J connectivity index is 0. The fraction of sp³-hybridized carbons (Fsp3) is 0.800. The second-order valence-electron chi connectivity index (χ2n) is 2.70. The maximum atomic E-state index is 7.62. The van der Waals surface area contributed by atoms with Crippen LogP contribution in [0.5, 0.6) is 0 Å². The van der Waals surface area contributed by atoms with Gasteiger partial charge < -0.3 is 10.2 Å². The van der Waals surface area contributed by atoms with Crippen LogP contribution in [0.4, 0.5) is 0 Å². The molecular weight excluding hydrogens is 152 g/mol. The molecule has 0 spiro atoms. The lowest BCUT2D eigenvalue weighted by Crippen LogP contribution is -1.85. The van der Waals surface area contributed by atoms with Gasteiger partial charge in [-0.15, -0.1) is 0 Å². The Morgan fingerprint density at radius 2 is 1.33 bits per heavy atom. The van der Waals surface area contributed by atoms with Crippen molar-refractivity contribution in [2.24, 2.45) is 0 Å². The summed E-state index contributed by atoms with van der Waals surface area (Å²) in [5.74, 6) is 0. The van der Waals surface area contributed by atoms with E-state index in [1.165, 1.54) is 31.3 Å². The minimum atomic E-state index is -0.125. The van der Waals surface area contributed by atoms with E-state index in [4.69, 9.17) is 10.2 Å². The van der Waals surface area contributed by atoms with Crippen molar-refractivity contribution < 1.29 is 10.2 Å².